The smallest absolute Gasteiger partial charge is 0.427 e. The van der Waals surface area contributed by atoms with Gasteiger partial charge in [0.1, 0.15) is 0 Å². The van der Waals surface area contributed by atoms with E-state index in [2.05, 4.69) is 31.2 Å². The fourth-order valence-electron chi connectivity index (χ4n) is 1.26. The second kappa shape index (κ2) is 7.63. The lowest BCUT2D eigenvalue weighted by Crippen LogP contribution is -2.18. The number of amides is 1. The van der Waals surface area contributed by atoms with Gasteiger partial charge < -0.3 is 14.6 Å². The summed E-state index contributed by atoms with van der Waals surface area (Å²) in [6.07, 6.45) is 0.797. The van der Waals surface area contributed by atoms with Gasteiger partial charge in [-0.3, -0.25) is 0 Å². The number of aromatic hydroxyl groups is 1. The number of hydrogen-bond donors (Lipinski definition) is 2. The van der Waals surface area contributed by atoms with Crippen molar-refractivity contribution in [3.63, 3.8) is 0 Å². The molecule has 0 saturated carbocycles. The molecule has 0 bridgehead atoms. The molecule has 0 aliphatic rings. The van der Waals surface area contributed by atoms with Gasteiger partial charge >= 0.3 is 6.09 Å². The summed E-state index contributed by atoms with van der Waals surface area (Å²) in [4.78, 5) is 11.0. The summed E-state index contributed by atoms with van der Waals surface area (Å²) in [6.45, 7) is 4.23. The highest BCUT2D eigenvalue weighted by atomic mass is 79.9. The molecule has 7 heteroatoms. The molecule has 0 aromatic heterocycles. The van der Waals surface area contributed by atoms with Crippen molar-refractivity contribution in [3.8, 4) is 11.5 Å². The Hall–Kier alpha value is -1.76. The molecule has 0 atom stereocenters. The normalized spacial score (nSPS) is 10.5. The third-order valence-corrected chi connectivity index (χ3v) is 2.60. The molecule has 0 unspecified atom stereocenters. The number of benzene rings is 1. The molecule has 6 nitrogen and oxygen atoms in total. The number of carbonyl (C=O) groups excluding carboxylic acids is 1. The van der Waals surface area contributed by atoms with Gasteiger partial charge in [0.05, 0.1) is 23.9 Å². The van der Waals surface area contributed by atoms with E-state index in [1.54, 1.807) is 19.1 Å². The molecular formula is C12H15BrN2O4. The standard InChI is InChI=1S/C12H15BrN2O4/c1-3-18-10-6-8(5-9(13)11(10)16)7-14-15-12(17)19-4-2/h5-7,16H,3-4H2,1-2H3,(H,15,17)/b14-7+. The molecule has 0 aliphatic heterocycles. The first-order valence-corrected chi connectivity index (χ1v) is 6.48. The third-order valence-electron chi connectivity index (χ3n) is 2.00. The van der Waals surface area contributed by atoms with Crippen molar-refractivity contribution in [3.05, 3.63) is 22.2 Å². The Bertz CT molecular complexity index is 477. The zero-order valence-electron chi connectivity index (χ0n) is 10.6. The zero-order chi connectivity index (χ0) is 14.3. The van der Waals surface area contributed by atoms with Crippen LogP contribution < -0.4 is 10.2 Å². The molecule has 0 radical (unpaired) electrons. The van der Waals surface area contributed by atoms with Crippen LogP contribution in [0.25, 0.3) is 0 Å². The van der Waals surface area contributed by atoms with Gasteiger partial charge in [0, 0.05) is 0 Å². The highest BCUT2D eigenvalue weighted by Crippen LogP contribution is 2.34. The van der Waals surface area contributed by atoms with Gasteiger partial charge in [-0.05, 0) is 47.5 Å². The maximum absolute atomic E-state index is 11.0. The summed E-state index contributed by atoms with van der Waals surface area (Å²) in [5.41, 5.74) is 2.86. The van der Waals surface area contributed by atoms with E-state index in [1.165, 1.54) is 6.21 Å². The van der Waals surface area contributed by atoms with E-state index in [0.29, 0.717) is 22.4 Å². The predicted molar refractivity (Wildman–Crippen MR) is 74.7 cm³/mol. The Kier molecular flexibility index (Phi) is 6.14. The van der Waals surface area contributed by atoms with Gasteiger partial charge in [0.25, 0.3) is 0 Å². The van der Waals surface area contributed by atoms with Gasteiger partial charge in [-0.25, -0.2) is 10.2 Å². The van der Waals surface area contributed by atoms with Crippen molar-refractivity contribution in [2.75, 3.05) is 13.2 Å². The molecule has 1 amide bonds. The van der Waals surface area contributed by atoms with Crippen molar-refractivity contribution in [2.45, 2.75) is 13.8 Å². The third kappa shape index (κ3) is 4.78. The minimum atomic E-state index is -0.623. The van der Waals surface area contributed by atoms with E-state index in [1.807, 2.05) is 6.92 Å². The van der Waals surface area contributed by atoms with Crippen LogP contribution in [0.1, 0.15) is 19.4 Å². The van der Waals surface area contributed by atoms with E-state index in [-0.39, 0.29) is 12.4 Å². The molecule has 0 fully saturated rings. The minimum Gasteiger partial charge on any atom is -0.503 e. The number of halogens is 1. The van der Waals surface area contributed by atoms with E-state index < -0.39 is 6.09 Å². The Balaban J connectivity index is 2.78. The summed E-state index contributed by atoms with van der Waals surface area (Å²) in [6, 6.07) is 3.26. The van der Waals surface area contributed by atoms with E-state index in [0.717, 1.165) is 0 Å². The first kappa shape index (κ1) is 15.3. The lowest BCUT2D eigenvalue weighted by Gasteiger charge is -2.08. The maximum Gasteiger partial charge on any atom is 0.427 e. The largest absolute Gasteiger partial charge is 0.503 e. The number of phenolic OH excluding ortho intramolecular Hbond substituents is 1. The lowest BCUT2D eigenvalue weighted by atomic mass is 10.2. The number of hydrogen-bond acceptors (Lipinski definition) is 5. The highest BCUT2D eigenvalue weighted by Gasteiger charge is 2.08. The monoisotopic (exact) mass is 330 g/mol. The number of ether oxygens (including phenoxy) is 2. The first-order chi connectivity index (χ1) is 9.08. The van der Waals surface area contributed by atoms with Crippen LogP contribution >= 0.6 is 15.9 Å². The van der Waals surface area contributed by atoms with Gasteiger partial charge in [0.2, 0.25) is 0 Å². The molecule has 0 saturated heterocycles. The summed E-state index contributed by atoms with van der Waals surface area (Å²) >= 11 is 3.21. The van der Waals surface area contributed by atoms with Crippen molar-refractivity contribution >= 4 is 28.2 Å². The van der Waals surface area contributed by atoms with Crippen molar-refractivity contribution in [1.29, 1.82) is 0 Å². The average molecular weight is 331 g/mol. The van der Waals surface area contributed by atoms with Crippen LogP contribution in [0.2, 0.25) is 0 Å². The van der Waals surface area contributed by atoms with Crippen molar-refractivity contribution in [2.24, 2.45) is 5.10 Å². The van der Waals surface area contributed by atoms with E-state index >= 15 is 0 Å². The van der Waals surface area contributed by atoms with E-state index in [4.69, 9.17) is 4.74 Å². The minimum absolute atomic E-state index is 0.0253. The molecule has 1 rings (SSSR count). The van der Waals surface area contributed by atoms with Crippen LogP contribution in [0.4, 0.5) is 4.79 Å². The summed E-state index contributed by atoms with van der Waals surface area (Å²) in [5, 5.41) is 13.5. The summed E-state index contributed by atoms with van der Waals surface area (Å²) < 4.78 is 10.4. The lowest BCUT2D eigenvalue weighted by molar-refractivity contribution is 0.152. The Morgan fingerprint density at radius 1 is 1.47 bits per heavy atom. The van der Waals surface area contributed by atoms with Gasteiger partial charge in [-0.15, -0.1) is 0 Å². The second-order valence-corrected chi connectivity index (χ2v) is 4.23. The topological polar surface area (TPSA) is 80.2 Å². The number of carbonyl (C=O) groups is 1. The second-order valence-electron chi connectivity index (χ2n) is 3.37. The average Bonchev–Trinajstić information content (AvgIpc) is 2.36. The highest BCUT2D eigenvalue weighted by molar-refractivity contribution is 9.10. The molecular weight excluding hydrogens is 316 g/mol. The van der Waals surface area contributed by atoms with Gasteiger partial charge in [0.15, 0.2) is 11.5 Å². The number of nitrogens with zero attached hydrogens (tertiary/aromatic N) is 1. The Labute approximate surface area is 119 Å². The van der Waals surface area contributed by atoms with Crippen LogP contribution in [-0.4, -0.2) is 30.6 Å². The van der Waals surface area contributed by atoms with Gasteiger partial charge in [-0.2, -0.15) is 5.10 Å². The quantitative estimate of drug-likeness (QED) is 0.642. The number of nitrogens with one attached hydrogen (secondary N) is 1. The molecule has 0 aliphatic carbocycles. The molecule has 104 valence electrons. The molecule has 2 N–H and O–H groups in total. The first-order valence-electron chi connectivity index (χ1n) is 5.69. The zero-order valence-corrected chi connectivity index (χ0v) is 12.2. The van der Waals surface area contributed by atoms with Crippen LogP contribution in [0.5, 0.6) is 11.5 Å². The number of hydrazone groups is 1. The van der Waals surface area contributed by atoms with Crippen LogP contribution in [0, 0.1) is 0 Å². The molecule has 0 spiro atoms. The number of phenols is 1. The van der Waals surface area contributed by atoms with Gasteiger partial charge in [-0.1, -0.05) is 0 Å². The number of rotatable bonds is 5. The van der Waals surface area contributed by atoms with Crippen molar-refractivity contribution in [1.82, 2.24) is 5.43 Å². The maximum atomic E-state index is 11.0. The summed E-state index contributed by atoms with van der Waals surface area (Å²) in [5.74, 6) is 0.367. The SMILES string of the molecule is CCOC(=O)N/N=C/c1cc(Br)c(O)c(OCC)c1. The predicted octanol–water partition coefficient (Wildman–Crippen LogP) is 2.63. The Morgan fingerprint density at radius 3 is 2.84 bits per heavy atom. The van der Waals surface area contributed by atoms with Crippen molar-refractivity contribution < 1.29 is 19.4 Å². The fourth-order valence-corrected chi connectivity index (χ4v) is 1.72. The fraction of sp³-hybridized carbons (Fsp3) is 0.333. The molecule has 1 aromatic carbocycles. The summed E-state index contributed by atoms with van der Waals surface area (Å²) in [7, 11) is 0. The molecule has 0 heterocycles. The molecule has 1 aromatic rings. The van der Waals surface area contributed by atoms with Crippen LogP contribution in [0.3, 0.4) is 0 Å². The van der Waals surface area contributed by atoms with Crippen LogP contribution in [0.15, 0.2) is 21.7 Å². The molecule has 19 heavy (non-hydrogen) atoms. The van der Waals surface area contributed by atoms with E-state index in [9.17, 15) is 9.90 Å². The van der Waals surface area contributed by atoms with Crippen LogP contribution in [-0.2, 0) is 4.74 Å². The Morgan fingerprint density at radius 2 is 2.21 bits per heavy atom.